The van der Waals surface area contributed by atoms with Gasteiger partial charge in [-0.05, 0) is 28.8 Å². The van der Waals surface area contributed by atoms with Crippen molar-refractivity contribution >= 4 is 28.7 Å². The van der Waals surface area contributed by atoms with Gasteiger partial charge < -0.3 is 14.9 Å². The van der Waals surface area contributed by atoms with E-state index in [9.17, 15) is 19.5 Å². The molecule has 0 aromatic heterocycles. The molecule has 0 radical (unpaired) electrons. The number of hydrazine groups is 1. The van der Waals surface area contributed by atoms with E-state index in [1.54, 1.807) is 11.9 Å². The van der Waals surface area contributed by atoms with Crippen molar-refractivity contribution in [3.63, 3.8) is 0 Å². The lowest BCUT2D eigenvalue weighted by molar-refractivity contribution is -0.199. The number of piperazine rings is 1. The Morgan fingerprint density at radius 2 is 1.66 bits per heavy atom. The van der Waals surface area contributed by atoms with Gasteiger partial charge >= 0.3 is 6.09 Å². The van der Waals surface area contributed by atoms with E-state index in [4.69, 9.17) is 0 Å². The molecule has 5 rings (SSSR count). The van der Waals surface area contributed by atoms with E-state index in [2.05, 4.69) is 0 Å². The number of hydrogen-bond acceptors (Lipinski definition) is 4. The number of rotatable bonds is 4. The molecular formula is C27H28N4O4. The molecule has 0 saturated carbocycles. The van der Waals surface area contributed by atoms with Gasteiger partial charge in [0.1, 0.15) is 12.2 Å². The summed E-state index contributed by atoms with van der Waals surface area (Å²) in [6, 6.07) is 22.2. The van der Waals surface area contributed by atoms with Gasteiger partial charge in [0.2, 0.25) is 11.8 Å². The molecule has 1 N–H and O–H groups in total. The van der Waals surface area contributed by atoms with Crippen LogP contribution in [-0.2, 0) is 22.6 Å². The topological polar surface area (TPSA) is 84.4 Å². The third kappa shape index (κ3) is 4.00. The number of benzene rings is 3. The summed E-state index contributed by atoms with van der Waals surface area (Å²) in [4.78, 5) is 42.8. The Hall–Kier alpha value is -3.91. The second-order valence-corrected chi connectivity index (χ2v) is 9.21. The van der Waals surface area contributed by atoms with Crippen LogP contribution in [0.15, 0.2) is 72.8 Å². The highest BCUT2D eigenvalue weighted by Crippen LogP contribution is 2.33. The molecule has 2 fully saturated rings. The Balaban J connectivity index is 1.58. The van der Waals surface area contributed by atoms with Crippen LogP contribution in [0.3, 0.4) is 0 Å². The summed E-state index contributed by atoms with van der Waals surface area (Å²) in [5.74, 6) is -0.422. The number of hydrogen-bond donors (Lipinski definition) is 1. The summed E-state index contributed by atoms with van der Waals surface area (Å²) in [6.07, 6.45) is -1.66. The molecule has 2 aliphatic rings. The van der Waals surface area contributed by atoms with Crippen LogP contribution in [-0.4, -0.2) is 74.7 Å². The zero-order valence-electron chi connectivity index (χ0n) is 19.7. The first kappa shape index (κ1) is 22.9. The van der Waals surface area contributed by atoms with Gasteiger partial charge in [-0.15, -0.1) is 0 Å². The number of carbonyl (C=O) groups excluding carboxylic acids is 2. The predicted molar refractivity (Wildman–Crippen MR) is 131 cm³/mol. The second-order valence-electron chi connectivity index (χ2n) is 9.21. The number of fused-ring (bicyclic) bond motifs is 2. The van der Waals surface area contributed by atoms with Crippen LogP contribution in [0, 0.1) is 0 Å². The van der Waals surface area contributed by atoms with Gasteiger partial charge in [0, 0.05) is 20.0 Å². The Bertz CT molecular complexity index is 1280. The maximum Gasteiger partial charge on any atom is 0.424 e. The normalized spacial score (nSPS) is 23.0. The summed E-state index contributed by atoms with van der Waals surface area (Å²) in [6.45, 7) is 2.04. The van der Waals surface area contributed by atoms with Gasteiger partial charge in [-0.25, -0.2) is 14.8 Å². The fourth-order valence-corrected chi connectivity index (χ4v) is 5.41. The van der Waals surface area contributed by atoms with Gasteiger partial charge in [-0.2, -0.15) is 0 Å². The van der Waals surface area contributed by atoms with E-state index in [1.807, 2.05) is 79.7 Å². The van der Waals surface area contributed by atoms with Crippen molar-refractivity contribution in [1.82, 2.24) is 19.8 Å². The minimum absolute atomic E-state index is 0.0998. The molecule has 3 amide bonds. The monoisotopic (exact) mass is 472 g/mol. The van der Waals surface area contributed by atoms with Crippen molar-refractivity contribution in [2.75, 3.05) is 13.6 Å². The average Bonchev–Trinajstić information content (AvgIpc) is 2.84. The van der Waals surface area contributed by atoms with E-state index in [1.165, 1.54) is 14.9 Å². The minimum Gasteiger partial charge on any atom is -0.464 e. The lowest BCUT2D eigenvalue weighted by Crippen LogP contribution is -2.77. The molecular weight excluding hydrogens is 444 g/mol. The van der Waals surface area contributed by atoms with Gasteiger partial charge in [0.05, 0.1) is 12.6 Å². The zero-order valence-corrected chi connectivity index (χ0v) is 19.7. The van der Waals surface area contributed by atoms with Crippen molar-refractivity contribution in [1.29, 1.82) is 0 Å². The van der Waals surface area contributed by atoms with E-state index in [0.717, 1.165) is 21.9 Å². The Labute approximate surface area is 203 Å². The molecule has 3 unspecified atom stereocenters. The van der Waals surface area contributed by atoms with Gasteiger partial charge in [0.15, 0.2) is 0 Å². The van der Waals surface area contributed by atoms with Crippen molar-refractivity contribution in [2.45, 2.75) is 38.1 Å². The first-order valence-corrected chi connectivity index (χ1v) is 11.7. The van der Waals surface area contributed by atoms with Crippen molar-refractivity contribution in [3.05, 3.63) is 83.9 Å². The van der Waals surface area contributed by atoms with Crippen LogP contribution in [0.25, 0.3) is 10.8 Å². The fraction of sp³-hybridized carbons (Fsp3) is 0.296. The molecule has 2 aliphatic heterocycles. The summed E-state index contributed by atoms with van der Waals surface area (Å²) in [7, 11) is 1.59. The highest BCUT2D eigenvalue weighted by atomic mass is 16.4. The number of likely N-dealkylation sites (N-methyl/N-ethyl adjacent to an activating group) is 1. The van der Waals surface area contributed by atoms with E-state index in [0.29, 0.717) is 13.0 Å². The van der Waals surface area contributed by atoms with Crippen LogP contribution in [0.1, 0.15) is 18.1 Å². The molecule has 3 atom stereocenters. The number of carboxylic acid groups (broad SMARTS) is 1. The van der Waals surface area contributed by atoms with Crippen LogP contribution >= 0.6 is 0 Å². The summed E-state index contributed by atoms with van der Waals surface area (Å²) >= 11 is 0. The molecule has 3 aromatic carbocycles. The third-order valence-corrected chi connectivity index (χ3v) is 7.07. The second kappa shape index (κ2) is 9.03. The molecule has 0 bridgehead atoms. The summed E-state index contributed by atoms with van der Waals surface area (Å²) < 4.78 is 0. The lowest BCUT2D eigenvalue weighted by Gasteiger charge is -2.56. The largest absolute Gasteiger partial charge is 0.464 e. The highest BCUT2D eigenvalue weighted by molar-refractivity contribution is 5.92. The van der Waals surface area contributed by atoms with Crippen molar-refractivity contribution in [3.8, 4) is 0 Å². The van der Waals surface area contributed by atoms with E-state index in [-0.39, 0.29) is 18.4 Å². The summed E-state index contributed by atoms with van der Waals surface area (Å²) in [5.41, 5.74) is 1.89. The predicted octanol–water partition coefficient (Wildman–Crippen LogP) is 3.18. The summed E-state index contributed by atoms with van der Waals surface area (Å²) in [5, 5.41) is 14.8. The molecule has 8 heteroatoms. The zero-order chi connectivity index (χ0) is 24.7. The Morgan fingerprint density at radius 1 is 0.971 bits per heavy atom. The molecule has 8 nitrogen and oxygen atoms in total. The van der Waals surface area contributed by atoms with Crippen LogP contribution < -0.4 is 0 Å². The van der Waals surface area contributed by atoms with Crippen LogP contribution in [0.5, 0.6) is 0 Å². The molecule has 3 aromatic rings. The van der Waals surface area contributed by atoms with Gasteiger partial charge in [-0.1, -0.05) is 72.8 Å². The molecule has 2 saturated heterocycles. The van der Waals surface area contributed by atoms with E-state index >= 15 is 0 Å². The van der Waals surface area contributed by atoms with Crippen LogP contribution in [0.4, 0.5) is 4.79 Å². The first-order chi connectivity index (χ1) is 16.9. The maximum absolute atomic E-state index is 14.0. The number of carbonyl (C=O) groups is 3. The highest BCUT2D eigenvalue weighted by Gasteiger charge is 2.54. The smallest absolute Gasteiger partial charge is 0.424 e. The number of amides is 3. The molecule has 0 aliphatic carbocycles. The minimum atomic E-state index is -1.15. The molecule has 2 heterocycles. The van der Waals surface area contributed by atoms with Crippen molar-refractivity contribution < 1.29 is 19.5 Å². The van der Waals surface area contributed by atoms with Crippen LogP contribution in [0.2, 0.25) is 0 Å². The van der Waals surface area contributed by atoms with E-state index < -0.39 is 24.3 Å². The molecule has 0 spiro atoms. The van der Waals surface area contributed by atoms with Gasteiger partial charge in [0.25, 0.3) is 0 Å². The van der Waals surface area contributed by atoms with Crippen molar-refractivity contribution in [2.24, 2.45) is 0 Å². The SMILES string of the molecule is CC1C2N(C(=O)CN(C)N2C(=O)O)C(Cc2ccccc2)C(=O)N1Cc1cccc2ccccc12. The standard InChI is InChI=1S/C27H28N4O4/c1-18-25-30(24(32)17-28(2)31(25)27(34)35)23(15-19-9-4-3-5-10-19)26(33)29(18)16-21-13-8-12-20-11-6-7-14-22(20)21/h3-14,18,23,25H,15-17H2,1-2H3,(H,34,35). The van der Waals surface area contributed by atoms with Gasteiger partial charge in [-0.3, -0.25) is 9.59 Å². The third-order valence-electron chi connectivity index (χ3n) is 7.07. The quantitative estimate of drug-likeness (QED) is 0.631. The Morgan fingerprint density at radius 3 is 2.40 bits per heavy atom. The molecule has 35 heavy (non-hydrogen) atoms. The number of nitrogens with zero attached hydrogens (tertiary/aromatic N) is 4. The average molecular weight is 473 g/mol. The maximum atomic E-state index is 14.0. The lowest BCUT2D eigenvalue weighted by atomic mass is 9.94. The molecule has 180 valence electrons. The first-order valence-electron chi connectivity index (χ1n) is 11.7. The Kier molecular flexibility index (Phi) is 5.90. The fourth-order valence-electron chi connectivity index (χ4n) is 5.41.